The van der Waals surface area contributed by atoms with E-state index in [1.807, 2.05) is 67.3 Å². The molecule has 1 aromatic heterocycles. The molecular formula is C23H26N2O3. The monoisotopic (exact) mass is 378 g/mol. The van der Waals surface area contributed by atoms with Gasteiger partial charge in [-0.25, -0.2) is 0 Å². The van der Waals surface area contributed by atoms with Crippen LogP contribution in [0.1, 0.15) is 41.4 Å². The van der Waals surface area contributed by atoms with E-state index in [1.54, 1.807) is 0 Å². The molecule has 28 heavy (non-hydrogen) atoms. The lowest BCUT2D eigenvalue weighted by molar-refractivity contribution is -0.0212. The Morgan fingerprint density at radius 1 is 1.18 bits per heavy atom. The van der Waals surface area contributed by atoms with Crippen molar-refractivity contribution in [3.05, 3.63) is 65.4 Å². The summed E-state index contributed by atoms with van der Waals surface area (Å²) >= 11 is 0. The Morgan fingerprint density at radius 3 is 2.68 bits per heavy atom. The van der Waals surface area contributed by atoms with Crippen molar-refractivity contribution in [2.45, 2.75) is 32.3 Å². The second-order valence-corrected chi connectivity index (χ2v) is 7.56. The van der Waals surface area contributed by atoms with Gasteiger partial charge in [0.1, 0.15) is 11.4 Å². The van der Waals surface area contributed by atoms with Gasteiger partial charge < -0.3 is 19.7 Å². The third-order valence-electron chi connectivity index (χ3n) is 5.57. The van der Waals surface area contributed by atoms with Gasteiger partial charge in [0.15, 0.2) is 0 Å². The summed E-state index contributed by atoms with van der Waals surface area (Å²) in [4.78, 5) is 18.0. The Labute approximate surface area is 164 Å². The van der Waals surface area contributed by atoms with Crippen molar-refractivity contribution in [2.75, 3.05) is 19.7 Å². The lowest BCUT2D eigenvalue weighted by atomic mass is 9.84. The topological polar surface area (TPSA) is 65.6 Å². The van der Waals surface area contributed by atoms with Crippen molar-refractivity contribution in [2.24, 2.45) is 0 Å². The number of amides is 1. The molecule has 2 heterocycles. The summed E-state index contributed by atoms with van der Waals surface area (Å²) in [5.41, 5.74) is 2.70. The maximum absolute atomic E-state index is 13.0. The van der Waals surface area contributed by atoms with Gasteiger partial charge in [-0.15, -0.1) is 0 Å². The summed E-state index contributed by atoms with van der Waals surface area (Å²) in [5.74, 6) is 0.773. The third kappa shape index (κ3) is 3.50. The van der Waals surface area contributed by atoms with E-state index >= 15 is 0 Å². The van der Waals surface area contributed by atoms with E-state index < -0.39 is 5.60 Å². The molecule has 1 amide bonds. The number of aryl methyl sites for hydroxylation is 1. The second kappa shape index (κ2) is 7.32. The van der Waals surface area contributed by atoms with Crippen LogP contribution in [-0.4, -0.2) is 40.6 Å². The molecule has 0 radical (unpaired) electrons. The molecule has 1 fully saturated rings. The fraction of sp³-hybridized carbons (Fsp3) is 0.348. The number of carbonyl (C=O) groups is 1. The SMILES string of the molecule is CCOc1ccc2[nH]c(C(=O)N3CCC(O)(c4cccc(C)c4)CC3)cc2c1. The Bertz CT molecular complexity index is 1000. The maximum Gasteiger partial charge on any atom is 0.270 e. The molecule has 5 nitrogen and oxygen atoms in total. The zero-order valence-corrected chi connectivity index (χ0v) is 16.4. The van der Waals surface area contributed by atoms with Crippen molar-refractivity contribution >= 4 is 16.8 Å². The average Bonchev–Trinajstić information content (AvgIpc) is 3.12. The zero-order valence-electron chi connectivity index (χ0n) is 16.4. The number of aromatic amines is 1. The highest BCUT2D eigenvalue weighted by atomic mass is 16.5. The van der Waals surface area contributed by atoms with Crippen LogP contribution in [0.2, 0.25) is 0 Å². The molecule has 146 valence electrons. The number of nitrogens with zero attached hydrogens (tertiary/aromatic N) is 1. The van der Waals surface area contributed by atoms with Crippen LogP contribution in [0.25, 0.3) is 10.9 Å². The largest absolute Gasteiger partial charge is 0.494 e. The number of fused-ring (bicyclic) bond motifs is 1. The van der Waals surface area contributed by atoms with Crippen LogP contribution in [0.3, 0.4) is 0 Å². The third-order valence-corrected chi connectivity index (χ3v) is 5.57. The Kier molecular flexibility index (Phi) is 4.85. The highest BCUT2D eigenvalue weighted by Crippen LogP contribution is 2.34. The molecule has 2 N–H and O–H groups in total. The smallest absolute Gasteiger partial charge is 0.270 e. The van der Waals surface area contributed by atoms with Crippen LogP contribution in [0.5, 0.6) is 5.75 Å². The Hall–Kier alpha value is -2.79. The quantitative estimate of drug-likeness (QED) is 0.721. The highest BCUT2D eigenvalue weighted by Gasteiger charge is 2.35. The van der Waals surface area contributed by atoms with Crippen LogP contribution < -0.4 is 4.74 Å². The summed E-state index contributed by atoms with van der Waals surface area (Å²) in [6, 6.07) is 15.7. The van der Waals surface area contributed by atoms with Crippen molar-refractivity contribution < 1.29 is 14.6 Å². The molecule has 1 aliphatic heterocycles. The molecule has 0 bridgehead atoms. The van der Waals surface area contributed by atoms with Crippen molar-refractivity contribution in [3.8, 4) is 5.75 Å². The number of rotatable bonds is 4. The molecule has 1 saturated heterocycles. The van der Waals surface area contributed by atoms with E-state index in [0.29, 0.717) is 38.2 Å². The van der Waals surface area contributed by atoms with Gasteiger partial charge in [0.05, 0.1) is 12.2 Å². The molecule has 0 aliphatic carbocycles. The molecule has 0 saturated carbocycles. The minimum atomic E-state index is -0.865. The van der Waals surface area contributed by atoms with Crippen molar-refractivity contribution in [1.29, 1.82) is 0 Å². The Morgan fingerprint density at radius 2 is 1.96 bits per heavy atom. The number of ether oxygens (including phenoxy) is 1. The standard InChI is InChI=1S/C23H26N2O3/c1-3-28-19-7-8-20-17(14-19)15-21(24-20)22(26)25-11-9-23(27,10-12-25)18-6-4-5-16(2)13-18/h4-8,13-15,24,27H,3,9-12H2,1-2H3. The number of H-pyrrole nitrogens is 1. The van der Waals surface area contributed by atoms with E-state index in [4.69, 9.17) is 4.74 Å². The summed E-state index contributed by atoms with van der Waals surface area (Å²) in [7, 11) is 0. The van der Waals surface area contributed by atoms with Crippen LogP contribution >= 0.6 is 0 Å². The normalized spacial score (nSPS) is 16.3. The maximum atomic E-state index is 13.0. The molecule has 0 unspecified atom stereocenters. The van der Waals surface area contributed by atoms with E-state index in [1.165, 1.54) is 0 Å². The molecule has 5 heteroatoms. The number of aliphatic hydroxyl groups is 1. The Balaban J connectivity index is 1.48. The van der Waals surface area contributed by atoms with Gasteiger partial charge in [0.25, 0.3) is 5.91 Å². The minimum absolute atomic E-state index is 0.0274. The molecule has 0 atom stereocenters. The van der Waals surface area contributed by atoms with Crippen molar-refractivity contribution in [1.82, 2.24) is 9.88 Å². The summed E-state index contributed by atoms with van der Waals surface area (Å²) in [6.45, 7) is 5.65. The molecular weight excluding hydrogens is 352 g/mol. The zero-order chi connectivity index (χ0) is 19.7. The number of piperidine rings is 1. The predicted molar refractivity (Wildman–Crippen MR) is 110 cm³/mol. The molecule has 0 spiro atoms. The molecule has 2 aromatic carbocycles. The number of hydrogen-bond donors (Lipinski definition) is 2. The van der Waals surface area contributed by atoms with Gasteiger partial charge in [-0.1, -0.05) is 29.8 Å². The first kappa shape index (κ1) is 18.6. The number of benzene rings is 2. The van der Waals surface area contributed by atoms with Gasteiger partial charge in [-0.3, -0.25) is 4.79 Å². The summed E-state index contributed by atoms with van der Waals surface area (Å²) < 4.78 is 5.54. The van der Waals surface area contributed by atoms with Gasteiger partial charge in [0.2, 0.25) is 0 Å². The van der Waals surface area contributed by atoms with E-state index in [0.717, 1.165) is 27.8 Å². The van der Waals surface area contributed by atoms with Crippen LogP contribution in [-0.2, 0) is 5.60 Å². The van der Waals surface area contributed by atoms with E-state index in [-0.39, 0.29) is 5.91 Å². The van der Waals surface area contributed by atoms with Gasteiger partial charge in [-0.2, -0.15) is 0 Å². The van der Waals surface area contributed by atoms with Crippen LogP contribution in [0, 0.1) is 6.92 Å². The van der Waals surface area contributed by atoms with Crippen LogP contribution in [0.4, 0.5) is 0 Å². The number of carbonyl (C=O) groups excluding carboxylic acids is 1. The van der Waals surface area contributed by atoms with Crippen molar-refractivity contribution in [3.63, 3.8) is 0 Å². The van der Waals surface area contributed by atoms with Gasteiger partial charge >= 0.3 is 0 Å². The number of nitrogens with one attached hydrogen (secondary N) is 1. The molecule has 4 rings (SSSR count). The second-order valence-electron chi connectivity index (χ2n) is 7.56. The first-order valence-corrected chi connectivity index (χ1v) is 9.83. The first-order valence-electron chi connectivity index (χ1n) is 9.83. The van der Waals surface area contributed by atoms with Gasteiger partial charge in [-0.05, 0) is 56.5 Å². The number of hydrogen-bond acceptors (Lipinski definition) is 3. The summed E-state index contributed by atoms with van der Waals surface area (Å²) in [6.07, 6.45) is 1.08. The summed E-state index contributed by atoms with van der Waals surface area (Å²) in [5, 5.41) is 12.0. The van der Waals surface area contributed by atoms with Crippen LogP contribution in [0.15, 0.2) is 48.5 Å². The molecule has 1 aliphatic rings. The fourth-order valence-corrected chi connectivity index (χ4v) is 3.96. The highest BCUT2D eigenvalue weighted by molar-refractivity contribution is 5.98. The fourth-order valence-electron chi connectivity index (χ4n) is 3.96. The number of aromatic nitrogens is 1. The van der Waals surface area contributed by atoms with E-state index in [2.05, 4.69) is 4.98 Å². The lowest BCUT2D eigenvalue weighted by Gasteiger charge is -2.38. The lowest BCUT2D eigenvalue weighted by Crippen LogP contribution is -2.45. The van der Waals surface area contributed by atoms with Gasteiger partial charge in [0, 0.05) is 24.0 Å². The molecule has 3 aromatic rings. The average molecular weight is 378 g/mol. The van der Waals surface area contributed by atoms with E-state index in [9.17, 15) is 9.90 Å². The minimum Gasteiger partial charge on any atom is -0.494 e. The predicted octanol–water partition coefficient (Wildman–Crippen LogP) is 4.00. The number of likely N-dealkylation sites (tertiary alicyclic amines) is 1. The first-order chi connectivity index (χ1) is 13.5.